The monoisotopic (exact) mass is 307 g/mol. The minimum atomic E-state index is 0.238. The number of pyridine rings is 1. The van der Waals surface area contributed by atoms with E-state index in [0.29, 0.717) is 12.5 Å². The molecular formula is C14H18BrN3. The highest BCUT2D eigenvalue weighted by Crippen LogP contribution is 2.28. The molecule has 1 atom stereocenters. The third-order valence-corrected chi connectivity index (χ3v) is 3.83. The highest BCUT2D eigenvalue weighted by molar-refractivity contribution is 9.10. The van der Waals surface area contributed by atoms with E-state index in [1.165, 1.54) is 0 Å². The Morgan fingerprint density at radius 1 is 1.28 bits per heavy atom. The Morgan fingerprint density at radius 2 is 2.06 bits per heavy atom. The van der Waals surface area contributed by atoms with Crippen LogP contribution in [0.2, 0.25) is 0 Å². The van der Waals surface area contributed by atoms with Crippen LogP contribution in [0.1, 0.15) is 13.8 Å². The fourth-order valence-electron chi connectivity index (χ4n) is 1.96. The van der Waals surface area contributed by atoms with Gasteiger partial charge in [-0.2, -0.15) is 0 Å². The van der Waals surface area contributed by atoms with Crippen LogP contribution in [0.3, 0.4) is 0 Å². The molecule has 3 nitrogen and oxygen atoms in total. The van der Waals surface area contributed by atoms with Crippen molar-refractivity contribution < 1.29 is 0 Å². The summed E-state index contributed by atoms with van der Waals surface area (Å²) in [6.45, 7) is 4.92. The maximum Gasteiger partial charge on any atom is 0.134 e. The minimum absolute atomic E-state index is 0.238. The maximum atomic E-state index is 5.80. The van der Waals surface area contributed by atoms with E-state index in [4.69, 9.17) is 5.73 Å². The summed E-state index contributed by atoms with van der Waals surface area (Å²) in [6, 6.07) is 8.38. The van der Waals surface area contributed by atoms with E-state index in [0.717, 1.165) is 21.1 Å². The molecule has 4 heteroatoms. The van der Waals surface area contributed by atoms with Crippen molar-refractivity contribution in [1.29, 1.82) is 0 Å². The van der Waals surface area contributed by atoms with Crippen LogP contribution in [0.25, 0.3) is 10.8 Å². The van der Waals surface area contributed by atoms with E-state index >= 15 is 0 Å². The maximum absolute atomic E-state index is 5.80. The number of fused-ring (bicyclic) bond motifs is 1. The first-order chi connectivity index (χ1) is 8.63. The van der Waals surface area contributed by atoms with Crippen molar-refractivity contribution in [3.05, 3.63) is 34.9 Å². The molecule has 0 aliphatic carbocycles. The molecule has 3 N–H and O–H groups in total. The van der Waals surface area contributed by atoms with Gasteiger partial charge in [-0.25, -0.2) is 4.98 Å². The predicted molar refractivity (Wildman–Crippen MR) is 80.7 cm³/mol. The molecule has 0 saturated carbocycles. The first kappa shape index (κ1) is 13.3. The molecule has 1 aromatic heterocycles. The standard InChI is InChI=1S/C14H18BrN3/c1-9(2)13(8-16)18-14-11-4-3-5-12(15)10(11)6-7-17-14/h3-7,9,13H,8,16H2,1-2H3,(H,17,18). The fourth-order valence-corrected chi connectivity index (χ4v) is 2.46. The number of hydrogen-bond donors (Lipinski definition) is 2. The van der Waals surface area contributed by atoms with Crippen molar-refractivity contribution in [3.8, 4) is 0 Å². The van der Waals surface area contributed by atoms with Gasteiger partial charge in [0.25, 0.3) is 0 Å². The summed E-state index contributed by atoms with van der Waals surface area (Å²) < 4.78 is 1.08. The summed E-state index contributed by atoms with van der Waals surface area (Å²) >= 11 is 3.56. The van der Waals surface area contributed by atoms with Crippen molar-refractivity contribution in [3.63, 3.8) is 0 Å². The molecule has 0 aliphatic rings. The summed E-state index contributed by atoms with van der Waals surface area (Å²) in [5.41, 5.74) is 5.80. The van der Waals surface area contributed by atoms with E-state index in [2.05, 4.69) is 46.1 Å². The molecule has 0 amide bonds. The van der Waals surface area contributed by atoms with Gasteiger partial charge in [-0.05, 0) is 18.1 Å². The van der Waals surface area contributed by atoms with Gasteiger partial charge < -0.3 is 11.1 Å². The Hall–Kier alpha value is -1.13. The second-order valence-electron chi connectivity index (χ2n) is 4.73. The minimum Gasteiger partial charge on any atom is -0.365 e. The topological polar surface area (TPSA) is 50.9 Å². The van der Waals surface area contributed by atoms with Crippen LogP contribution in [0.15, 0.2) is 34.9 Å². The van der Waals surface area contributed by atoms with Gasteiger partial charge in [0.2, 0.25) is 0 Å². The Morgan fingerprint density at radius 3 is 2.72 bits per heavy atom. The van der Waals surface area contributed by atoms with Gasteiger partial charge in [0.05, 0.1) is 0 Å². The number of nitrogens with zero attached hydrogens (tertiary/aromatic N) is 1. The van der Waals surface area contributed by atoms with Gasteiger partial charge in [-0.3, -0.25) is 0 Å². The summed E-state index contributed by atoms with van der Waals surface area (Å²) in [6.07, 6.45) is 1.82. The summed E-state index contributed by atoms with van der Waals surface area (Å²) in [5, 5.41) is 5.72. The number of nitrogens with two attached hydrogens (primary N) is 1. The first-order valence-corrected chi connectivity index (χ1v) is 6.92. The number of aromatic nitrogens is 1. The van der Waals surface area contributed by atoms with Gasteiger partial charge >= 0.3 is 0 Å². The van der Waals surface area contributed by atoms with Crippen LogP contribution < -0.4 is 11.1 Å². The summed E-state index contributed by atoms with van der Waals surface area (Å²) in [7, 11) is 0. The van der Waals surface area contributed by atoms with E-state index in [9.17, 15) is 0 Å². The molecule has 0 aliphatic heterocycles. The third kappa shape index (κ3) is 2.65. The Balaban J connectivity index is 2.42. The van der Waals surface area contributed by atoms with Gasteiger partial charge in [0.1, 0.15) is 5.82 Å². The fraction of sp³-hybridized carbons (Fsp3) is 0.357. The molecule has 0 radical (unpaired) electrons. The zero-order valence-electron chi connectivity index (χ0n) is 10.7. The molecule has 1 heterocycles. The van der Waals surface area contributed by atoms with Crippen LogP contribution in [-0.2, 0) is 0 Å². The Kier molecular flexibility index (Phi) is 4.19. The zero-order valence-corrected chi connectivity index (χ0v) is 12.2. The molecule has 1 unspecified atom stereocenters. The first-order valence-electron chi connectivity index (χ1n) is 6.13. The third-order valence-electron chi connectivity index (χ3n) is 3.13. The number of benzene rings is 1. The number of rotatable bonds is 4. The summed E-state index contributed by atoms with van der Waals surface area (Å²) in [5.74, 6) is 1.37. The van der Waals surface area contributed by atoms with Crippen LogP contribution in [0, 0.1) is 5.92 Å². The van der Waals surface area contributed by atoms with Crippen molar-refractivity contribution in [2.75, 3.05) is 11.9 Å². The van der Waals surface area contributed by atoms with Gasteiger partial charge in [0, 0.05) is 34.0 Å². The average Bonchev–Trinajstić information content (AvgIpc) is 2.36. The van der Waals surface area contributed by atoms with Gasteiger partial charge in [0.15, 0.2) is 0 Å². The average molecular weight is 308 g/mol. The lowest BCUT2D eigenvalue weighted by Gasteiger charge is -2.22. The quantitative estimate of drug-likeness (QED) is 0.910. The SMILES string of the molecule is CC(C)C(CN)Nc1nccc2c(Br)cccc12. The van der Waals surface area contributed by atoms with Crippen molar-refractivity contribution in [2.45, 2.75) is 19.9 Å². The van der Waals surface area contributed by atoms with E-state index in [1.54, 1.807) is 0 Å². The highest BCUT2D eigenvalue weighted by Gasteiger charge is 2.13. The predicted octanol–water partition coefficient (Wildman–Crippen LogP) is 3.39. The largest absolute Gasteiger partial charge is 0.365 e. The van der Waals surface area contributed by atoms with Gasteiger partial charge in [-0.15, -0.1) is 0 Å². The molecule has 18 heavy (non-hydrogen) atoms. The highest BCUT2D eigenvalue weighted by atomic mass is 79.9. The van der Waals surface area contributed by atoms with Crippen LogP contribution >= 0.6 is 15.9 Å². The molecule has 0 spiro atoms. The van der Waals surface area contributed by atoms with Crippen molar-refractivity contribution in [2.24, 2.45) is 11.7 Å². The lowest BCUT2D eigenvalue weighted by atomic mass is 10.0. The van der Waals surface area contributed by atoms with E-state index < -0.39 is 0 Å². The van der Waals surface area contributed by atoms with E-state index in [1.807, 2.05) is 24.4 Å². The van der Waals surface area contributed by atoms with Gasteiger partial charge in [-0.1, -0.05) is 41.9 Å². The molecule has 1 aromatic carbocycles. The van der Waals surface area contributed by atoms with Crippen molar-refractivity contribution in [1.82, 2.24) is 4.98 Å². The Labute approximate surface area is 116 Å². The lowest BCUT2D eigenvalue weighted by Crippen LogP contribution is -2.34. The second-order valence-corrected chi connectivity index (χ2v) is 5.58. The number of nitrogens with one attached hydrogen (secondary N) is 1. The molecule has 2 aromatic rings. The molecule has 2 rings (SSSR count). The van der Waals surface area contributed by atoms with E-state index in [-0.39, 0.29) is 6.04 Å². The van der Waals surface area contributed by atoms with Crippen LogP contribution in [0.4, 0.5) is 5.82 Å². The normalized spacial score (nSPS) is 12.9. The Bertz CT molecular complexity index is 540. The zero-order chi connectivity index (χ0) is 13.1. The molecular weight excluding hydrogens is 290 g/mol. The second kappa shape index (κ2) is 5.67. The smallest absolute Gasteiger partial charge is 0.134 e. The van der Waals surface area contributed by atoms with Crippen molar-refractivity contribution >= 4 is 32.5 Å². The lowest BCUT2D eigenvalue weighted by molar-refractivity contribution is 0.530. The molecule has 0 bridgehead atoms. The summed E-state index contributed by atoms with van der Waals surface area (Å²) in [4.78, 5) is 4.43. The molecule has 0 fully saturated rings. The molecule has 0 saturated heterocycles. The van der Waals surface area contributed by atoms with Crippen LogP contribution in [0.5, 0.6) is 0 Å². The van der Waals surface area contributed by atoms with Crippen LogP contribution in [-0.4, -0.2) is 17.6 Å². The number of halogens is 1. The number of hydrogen-bond acceptors (Lipinski definition) is 3. The number of anilines is 1. The molecule has 96 valence electrons.